The minimum Gasteiger partial charge on any atom is -0.481 e. The van der Waals surface area contributed by atoms with E-state index in [-0.39, 0.29) is 24.9 Å². The van der Waals surface area contributed by atoms with Gasteiger partial charge in [-0.25, -0.2) is 4.79 Å². The van der Waals surface area contributed by atoms with Gasteiger partial charge in [-0.15, -0.1) is 0 Å². The number of likely N-dealkylation sites (tertiary alicyclic amines) is 1. The van der Waals surface area contributed by atoms with Gasteiger partial charge in [-0.2, -0.15) is 4.98 Å². The molecule has 0 radical (unpaired) electrons. The summed E-state index contributed by atoms with van der Waals surface area (Å²) >= 11 is 0. The molecule has 0 aliphatic carbocycles. The summed E-state index contributed by atoms with van der Waals surface area (Å²) in [6, 6.07) is 0. The zero-order valence-corrected chi connectivity index (χ0v) is 14.4. The molecule has 0 aromatic carbocycles. The van der Waals surface area contributed by atoms with Crippen LogP contribution in [0.1, 0.15) is 51.7 Å². The van der Waals surface area contributed by atoms with Crippen LogP contribution >= 0.6 is 0 Å². The van der Waals surface area contributed by atoms with Crippen molar-refractivity contribution in [3.63, 3.8) is 0 Å². The van der Waals surface area contributed by atoms with E-state index < -0.39 is 11.6 Å². The molecule has 2 rings (SSSR count). The van der Waals surface area contributed by atoms with Crippen molar-refractivity contribution in [3.05, 3.63) is 11.7 Å². The van der Waals surface area contributed by atoms with Crippen molar-refractivity contribution in [2.75, 3.05) is 13.1 Å². The van der Waals surface area contributed by atoms with Gasteiger partial charge in [0, 0.05) is 25.9 Å². The van der Waals surface area contributed by atoms with Gasteiger partial charge < -0.3 is 19.3 Å². The highest BCUT2D eigenvalue weighted by atomic mass is 16.6. The highest BCUT2D eigenvalue weighted by Gasteiger charge is 2.28. The number of hydrogen-bond acceptors (Lipinski definition) is 6. The molecule has 8 nitrogen and oxygen atoms in total. The number of aromatic nitrogens is 2. The predicted octanol–water partition coefficient (Wildman–Crippen LogP) is 2.28. The third-order valence-corrected chi connectivity index (χ3v) is 3.70. The van der Waals surface area contributed by atoms with Gasteiger partial charge in [-0.1, -0.05) is 5.16 Å². The Morgan fingerprint density at radius 1 is 1.42 bits per heavy atom. The SMILES string of the molecule is CC(C)(C)OC(=O)N1CCCC(Cc2noc(CCC(=O)O)n2)C1. The van der Waals surface area contributed by atoms with Gasteiger partial charge in [-0.3, -0.25) is 4.79 Å². The zero-order chi connectivity index (χ0) is 17.7. The maximum absolute atomic E-state index is 12.2. The minimum absolute atomic E-state index is 0.0303. The van der Waals surface area contributed by atoms with E-state index in [0.29, 0.717) is 31.2 Å². The Hall–Kier alpha value is -2.12. The molecule has 1 saturated heterocycles. The number of amides is 1. The molecule has 0 saturated carbocycles. The monoisotopic (exact) mass is 339 g/mol. The molecule has 1 atom stereocenters. The van der Waals surface area contributed by atoms with Crippen molar-refractivity contribution in [2.24, 2.45) is 5.92 Å². The Labute approximate surface area is 141 Å². The van der Waals surface area contributed by atoms with Crippen LogP contribution in [0.3, 0.4) is 0 Å². The molecule has 0 bridgehead atoms. The average molecular weight is 339 g/mol. The molecule has 134 valence electrons. The Morgan fingerprint density at radius 2 is 2.17 bits per heavy atom. The van der Waals surface area contributed by atoms with Crippen LogP contribution in [0.5, 0.6) is 0 Å². The number of hydrogen-bond donors (Lipinski definition) is 1. The highest BCUT2D eigenvalue weighted by Crippen LogP contribution is 2.22. The largest absolute Gasteiger partial charge is 0.481 e. The maximum atomic E-state index is 12.2. The molecule has 1 fully saturated rings. The lowest BCUT2D eigenvalue weighted by molar-refractivity contribution is -0.137. The molecule has 1 aliphatic rings. The number of carboxylic acids is 1. The van der Waals surface area contributed by atoms with Crippen LogP contribution in [-0.2, 0) is 22.4 Å². The highest BCUT2D eigenvalue weighted by molar-refractivity contribution is 5.68. The second-order valence-corrected chi connectivity index (χ2v) is 7.14. The fourth-order valence-corrected chi connectivity index (χ4v) is 2.67. The van der Waals surface area contributed by atoms with Crippen molar-refractivity contribution in [1.29, 1.82) is 0 Å². The molecule has 24 heavy (non-hydrogen) atoms. The number of rotatable bonds is 5. The molecule has 1 unspecified atom stereocenters. The van der Waals surface area contributed by atoms with E-state index in [1.54, 1.807) is 4.90 Å². The van der Waals surface area contributed by atoms with Gasteiger partial charge in [0.2, 0.25) is 5.89 Å². The molecule has 1 aliphatic heterocycles. The van der Waals surface area contributed by atoms with Gasteiger partial charge in [0.05, 0.1) is 6.42 Å². The van der Waals surface area contributed by atoms with Gasteiger partial charge in [0.15, 0.2) is 5.82 Å². The van der Waals surface area contributed by atoms with Crippen LogP contribution in [0.4, 0.5) is 4.79 Å². The van der Waals surface area contributed by atoms with E-state index >= 15 is 0 Å². The minimum atomic E-state index is -0.893. The molecule has 1 N–H and O–H groups in total. The van der Waals surface area contributed by atoms with Crippen LogP contribution in [-0.4, -0.2) is 50.9 Å². The summed E-state index contributed by atoms with van der Waals surface area (Å²) in [5.74, 6) is 0.255. The number of aliphatic carboxylic acids is 1. The molecule has 1 aromatic heterocycles. The molecular formula is C16H25N3O5. The molecule has 0 spiro atoms. The lowest BCUT2D eigenvalue weighted by Gasteiger charge is -2.33. The van der Waals surface area contributed by atoms with Crippen LogP contribution in [0.25, 0.3) is 0 Å². The second-order valence-electron chi connectivity index (χ2n) is 7.14. The first kappa shape index (κ1) is 18.2. The van der Waals surface area contributed by atoms with Gasteiger partial charge in [0.1, 0.15) is 5.60 Å². The fourth-order valence-electron chi connectivity index (χ4n) is 2.67. The normalized spacial score (nSPS) is 18.5. The number of aryl methyl sites for hydroxylation is 1. The third kappa shape index (κ3) is 5.82. The van der Waals surface area contributed by atoms with Crippen molar-refractivity contribution in [3.8, 4) is 0 Å². The van der Waals surface area contributed by atoms with E-state index in [4.69, 9.17) is 14.4 Å². The zero-order valence-electron chi connectivity index (χ0n) is 14.4. The fraction of sp³-hybridized carbons (Fsp3) is 0.750. The van der Waals surface area contributed by atoms with Crippen molar-refractivity contribution in [2.45, 2.75) is 58.5 Å². The lowest BCUT2D eigenvalue weighted by Crippen LogP contribution is -2.43. The molecular weight excluding hydrogens is 314 g/mol. The number of piperidine rings is 1. The first-order valence-electron chi connectivity index (χ1n) is 8.24. The summed E-state index contributed by atoms with van der Waals surface area (Å²) in [4.78, 5) is 28.7. The summed E-state index contributed by atoms with van der Waals surface area (Å²) in [5.41, 5.74) is -0.503. The van der Waals surface area contributed by atoms with Crippen molar-refractivity contribution < 1.29 is 24.0 Å². The van der Waals surface area contributed by atoms with Gasteiger partial charge in [0.25, 0.3) is 0 Å². The Morgan fingerprint density at radius 3 is 2.83 bits per heavy atom. The van der Waals surface area contributed by atoms with E-state index in [2.05, 4.69) is 10.1 Å². The van der Waals surface area contributed by atoms with Crippen LogP contribution < -0.4 is 0 Å². The number of carbonyl (C=O) groups is 2. The molecule has 1 aromatic rings. The lowest BCUT2D eigenvalue weighted by atomic mass is 9.95. The smallest absolute Gasteiger partial charge is 0.410 e. The van der Waals surface area contributed by atoms with Crippen molar-refractivity contribution in [1.82, 2.24) is 15.0 Å². The van der Waals surface area contributed by atoms with E-state index in [1.807, 2.05) is 20.8 Å². The van der Waals surface area contributed by atoms with Crippen LogP contribution in [0.2, 0.25) is 0 Å². The van der Waals surface area contributed by atoms with E-state index in [9.17, 15) is 9.59 Å². The third-order valence-electron chi connectivity index (χ3n) is 3.70. The summed E-state index contributed by atoms with van der Waals surface area (Å²) in [6.45, 7) is 6.86. The second kappa shape index (κ2) is 7.63. The van der Waals surface area contributed by atoms with Gasteiger partial charge in [-0.05, 0) is 39.5 Å². The molecule has 2 heterocycles. The number of nitrogens with zero attached hydrogens (tertiary/aromatic N) is 3. The Kier molecular flexibility index (Phi) is 5.80. The first-order valence-corrected chi connectivity index (χ1v) is 8.24. The summed E-state index contributed by atoms with van der Waals surface area (Å²) in [7, 11) is 0. The van der Waals surface area contributed by atoms with E-state index in [0.717, 1.165) is 12.8 Å². The van der Waals surface area contributed by atoms with Crippen molar-refractivity contribution >= 4 is 12.1 Å². The predicted molar refractivity (Wildman–Crippen MR) is 84.5 cm³/mol. The standard InChI is InChI=1S/C16H25N3O5/c1-16(2,3)23-15(22)19-8-4-5-11(10-19)9-12-17-13(24-18-12)6-7-14(20)21/h11H,4-10H2,1-3H3,(H,20,21). The summed E-state index contributed by atoms with van der Waals surface area (Å²) < 4.78 is 10.5. The topological polar surface area (TPSA) is 106 Å². The summed E-state index contributed by atoms with van der Waals surface area (Å²) in [5, 5.41) is 12.6. The van der Waals surface area contributed by atoms with Crippen LogP contribution in [0.15, 0.2) is 4.52 Å². The number of carbonyl (C=O) groups excluding carboxylic acids is 1. The summed E-state index contributed by atoms with van der Waals surface area (Å²) in [6.07, 6.45) is 2.42. The first-order chi connectivity index (χ1) is 11.2. The number of ether oxygens (including phenoxy) is 1. The number of carboxylic acid groups (broad SMARTS) is 1. The molecule has 1 amide bonds. The van der Waals surface area contributed by atoms with Gasteiger partial charge >= 0.3 is 12.1 Å². The Bertz CT molecular complexity index is 579. The van der Waals surface area contributed by atoms with E-state index in [1.165, 1.54) is 0 Å². The average Bonchev–Trinajstić information content (AvgIpc) is 2.91. The Balaban J connectivity index is 1.86. The molecule has 8 heteroatoms. The van der Waals surface area contributed by atoms with Crippen LogP contribution in [0, 0.1) is 5.92 Å². The maximum Gasteiger partial charge on any atom is 0.410 e. The quantitative estimate of drug-likeness (QED) is 0.877.